The quantitative estimate of drug-likeness (QED) is 0.522. The van der Waals surface area contributed by atoms with Gasteiger partial charge in [0.1, 0.15) is 5.25 Å². The van der Waals surface area contributed by atoms with E-state index in [9.17, 15) is 17.8 Å². The Bertz CT molecular complexity index is 684. The van der Waals surface area contributed by atoms with Crippen LogP contribution in [0.3, 0.4) is 0 Å². The number of ketones is 1. The predicted molar refractivity (Wildman–Crippen MR) is 83.3 cm³/mol. The molecule has 2 aromatic rings. The molecule has 1 N–H and O–H groups in total. The van der Waals surface area contributed by atoms with Gasteiger partial charge in [0.25, 0.3) is 10.1 Å². The molecule has 0 aliphatic rings. The van der Waals surface area contributed by atoms with Crippen LogP contribution in [0.25, 0.3) is 0 Å². The van der Waals surface area contributed by atoms with Crippen molar-refractivity contribution in [2.45, 2.75) is 11.7 Å². The van der Waals surface area contributed by atoms with Gasteiger partial charge >= 0.3 is 29.6 Å². The van der Waals surface area contributed by atoms with Gasteiger partial charge in [-0.1, -0.05) is 60.7 Å². The monoisotopic (exact) mass is 314 g/mol. The predicted octanol–water partition coefficient (Wildman–Crippen LogP) is 2.24. The van der Waals surface area contributed by atoms with Crippen molar-refractivity contribution in [2.75, 3.05) is 0 Å². The molecule has 4 nitrogen and oxygen atoms in total. The van der Waals surface area contributed by atoms with Crippen molar-refractivity contribution in [2.24, 2.45) is 0 Å². The van der Waals surface area contributed by atoms with Crippen LogP contribution in [0.4, 0.5) is 0 Å². The molecule has 6 heteroatoms. The first-order chi connectivity index (χ1) is 9.48. The van der Waals surface area contributed by atoms with Gasteiger partial charge in [0.15, 0.2) is 5.78 Å². The summed E-state index contributed by atoms with van der Waals surface area (Å²) in [4.78, 5) is 12.1. The molecule has 0 spiro atoms. The van der Waals surface area contributed by atoms with E-state index in [1.54, 1.807) is 60.7 Å². The van der Waals surface area contributed by atoms with E-state index in [0.717, 1.165) is 0 Å². The third kappa shape index (κ3) is 5.05. The molecule has 106 valence electrons. The molecule has 21 heavy (non-hydrogen) atoms. The third-order valence-electron chi connectivity index (χ3n) is 3.00. The van der Waals surface area contributed by atoms with E-state index in [4.69, 9.17) is 0 Å². The number of hydrogen-bond acceptors (Lipinski definition) is 3. The van der Waals surface area contributed by atoms with Crippen LogP contribution in [-0.2, 0) is 10.1 Å². The maximum atomic E-state index is 12.1. The van der Waals surface area contributed by atoms with Crippen LogP contribution in [0.2, 0.25) is 0 Å². The second-order valence-electron chi connectivity index (χ2n) is 4.41. The zero-order valence-corrected chi connectivity index (χ0v) is 11.5. The Balaban J connectivity index is 0.00000220. The Morgan fingerprint density at radius 1 is 0.952 bits per heavy atom. The molecule has 1 unspecified atom stereocenters. The molecule has 0 saturated heterocycles. The van der Waals surface area contributed by atoms with Gasteiger partial charge in [-0.05, 0) is 5.56 Å². The average Bonchev–Trinajstić information content (AvgIpc) is 2.45. The van der Waals surface area contributed by atoms with Crippen molar-refractivity contribution in [3.05, 3.63) is 71.8 Å². The summed E-state index contributed by atoms with van der Waals surface area (Å²) in [5.74, 6) is -0.322. The minimum absolute atomic E-state index is 0. The number of benzene rings is 2. The van der Waals surface area contributed by atoms with E-state index in [2.05, 4.69) is 0 Å². The molecule has 0 aromatic heterocycles. The summed E-state index contributed by atoms with van der Waals surface area (Å²) < 4.78 is 32.4. The molecule has 0 amide bonds. The molecule has 2 aromatic carbocycles. The van der Waals surface area contributed by atoms with Crippen LogP contribution >= 0.6 is 0 Å². The first-order valence-electron chi connectivity index (χ1n) is 6.08. The summed E-state index contributed by atoms with van der Waals surface area (Å²) in [6.07, 6.45) is -0.285. The van der Waals surface area contributed by atoms with Crippen molar-refractivity contribution < 1.29 is 17.8 Å². The molecule has 0 aliphatic carbocycles. The van der Waals surface area contributed by atoms with Crippen LogP contribution in [-0.4, -0.2) is 48.3 Å². The number of carbonyl (C=O) groups excluding carboxylic acids is 1. The summed E-state index contributed by atoms with van der Waals surface area (Å²) in [6, 6.07) is 16.7. The number of rotatable bonds is 5. The van der Waals surface area contributed by atoms with Crippen molar-refractivity contribution >= 4 is 45.5 Å². The fraction of sp³-hybridized carbons (Fsp3) is 0.133. The molecule has 0 heterocycles. The van der Waals surface area contributed by atoms with Gasteiger partial charge in [0.05, 0.1) is 0 Å². The van der Waals surface area contributed by atoms with E-state index in [-0.39, 0.29) is 41.8 Å². The Hall–Kier alpha value is -0.980. The SMILES string of the molecule is O=C(CC(c1ccccc1)S(=O)(=O)O)c1ccccc1.[NaH]. The normalized spacial score (nSPS) is 12.2. The summed E-state index contributed by atoms with van der Waals surface area (Å²) in [6.45, 7) is 0. The van der Waals surface area contributed by atoms with Crippen LogP contribution in [0.1, 0.15) is 27.6 Å². The van der Waals surface area contributed by atoms with Gasteiger partial charge in [0.2, 0.25) is 0 Å². The Morgan fingerprint density at radius 3 is 1.90 bits per heavy atom. The molecule has 0 aliphatic heterocycles. The van der Waals surface area contributed by atoms with Crippen LogP contribution in [0, 0.1) is 0 Å². The fourth-order valence-corrected chi connectivity index (χ4v) is 2.84. The molecule has 0 bridgehead atoms. The molecular formula is C15H15NaO4S. The molecule has 1 atom stereocenters. The van der Waals surface area contributed by atoms with E-state index in [1.807, 2.05) is 0 Å². The third-order valence-corrected chi connectivity index (χ3v) is 4.16. The minimum atomic E-state index is -4.34. The average molecular weight is 314 g/mol. The Morgan fingerprint density at radius 2 is 1.43 bits per heavy atom. The van der Waals surface area contributed by atoms with Gasteiger partial charge in [-0.15, -0.1) is 0 Å². The zero-order valence-electron chi connectivity index (χ0n) is 10.6. The zero-order chi connectivity index (χ0) is 14.6. The molecule has 0 radical (unpaired) electrons. The number of carbonyl (C=O) groups is 1. The fourth-order valence-electron chi connectivity index (χ4n) is 1.97. The van der Waals surface area contributed by atoms with Crippen molar-refractivity contribution in [1.82, 2.24) is 0 Å². The van der Waals surface area contributed by atoms with Crippen molar-refractivity contribution in [1.29, 1.82) is 0 Å². The van der Waals surface area contributed by atoms with Crippen molar-refractivity contribution in [3.63, 3.8) is 0 Å². The van der Waals surface area contributed by atoms with Crippen molar-refractivity contribution in [3.8, 4) is 0 Å². The van der Waals surface area contributed by atoms with E-state index < -0.39 is 15.4 Å². The van der Waals surface area contributed by atoms with Gasteiger partial charge < -0.3 is 0 Å². The summed E-state index contributed by atoms with van der Waals surface area (Å²) in [7, 11) is -4.34. The Kier molecular flexibility index (Phi) is 6.77. The van der Waals surface area contributed by atoms with Gasteiger partial charge in [0, 0.05) is 12.0 Å². The van der Waals surface area contributed by atoms with E-state index >= 15 is 0 Å². The Labute approximate surface area is 146 Å². The second-order valence-corrected chi connectivity index (χ2v) is 6.01. The summed E-state index contributed by atoms with van der Waals surface area (Å²) >= 11 is 0. The second kappa shape index (κ2) is 7.87. The summed E-state index contributed by atoms with van der Waals surface area (Å²) in [5.41, 5.74) is 0.830. The van der Waals surface area contributed by atoms with Crippen LogP contribution in [0.5, 0.6) is 0 Å². The molecule has 2 rings (SSSR count). The van der Waals surface area contributed by atoms with Gasteiger partial charge in [-0.2, -0.15) is 8.42 Å². The van der Waals surface area contributed by atoms with Gasteiger partial charge in [-0.25, -0.2) is 0 Å². The van der Waals surface area contributed by atoms with Gasteiger partial charge in [-0.3, -0.25) is 9.35 Å². The van der Waals surface area contributed by atoms with E-state index in [1.165, 1.54) is 0 Å². The summed E-state index contributed by atoms with van der Waals surface area (Å²) in [5, 5.41) is -1.24. The molecule has 0 saturated carbocycles. The van der Waals surface area contributed by atoms with E-state index in [0.29, 0.717) is 11.1 Å². The first-order valence-corrected chi connectivity index (χ1v) is 7.58. The van der Waals surface area contributed by atoms with Crippen LogP contribution < -0.4 is 0 Å². The standard InChI is InChI=1S/C15H14O4S.Na.H/c16-14(12-7-3-1-4-8-12)11-15(20(17,18)19)13-9-5-2-6-10-13;;/h1-10,15H,11H2,(H,17,18,19);;. The molecule has 0 fully saturated rings. The molecular weight excluding hydrogens is 299 g/mol. The number of hydrogen-bond donors (Lipinski definition) is 1. The first kappa shape index (κ1) is 18.1. The maximum absolute atomic E-state index is 12.1. The number of Topliss-reactive ketones (excluding diaryl/α,β-unsaturated/α-hetero) is 1. The topological polar surface area (TPSA) is 71.4 Å². The van der Waals surface area contributed by atoms with Crippen LogP contribution in [0.15, 0.2) is 60.7 Å².